The average Bonchev–Trinajstić information content (AvgIpc) is 3.38. The van der Waals surface area contributed by atoms with E-state index >= 15 is 0 Å². The van der Waals surface area contributed by atoms with E-state index < -0.39 is 0 Å². The van der Waals surface area contributed by atoms with Crippen molar-refractivity contribution < 1.29 is 0 Å². The molecule has 0 unspecified atom stereocenters. The zero-order valence-electron chi connectivity index (χ0n) is 36.7. The van der Waals surface area contributed by atoms with Gasteiger partial charge < -0.3 is 19.6 Å². The lowest BCUT2D eigenvalue weighted by molar-refractivity contribution is 1.13. The fourth-order valence-corrected chi connectivity index (χ4v) is 10.9. The van der Waals surface area contributed by atoms with E-state index in [0.29, 0.717) is 0 Å². The number of benzene rings is 11. The van der Waals surface area contributed by atoms with E-state index in [2.05, 4.69) is 264 Å². The van der Waals surface area contributed by atoms with E-state index in [1.165, 1.54) is 88.4 Å². The van der Waals surface area contributed by atoms with Gasteiger partial charge in [0.1, 0.15) is 0 Å². The first-order valence-electron chi connectivity index (χ1n) is 22.7. The molecule has 0 amide bonds. The summed E-state index contributed by atoms with van der Waals surface area (Å²) in [4.78, 5) is 9.51. The molecule has 0 aromatic heterocycles. The highest BCUT2D eigenvalue weighted by Crippen LogP contribution is 2.55. The summed E-state index contributed by atoms with van der Waals surface area (Å²) in [6.07, 6.45) is 0. The molecule has 0 radical (unpaired) electrons. The fraction of sp³-hybridized carbons (Fsp3) is 0.0323. The number of rotatable bonds is 5. The van der Waals surface area contributed by atoms with Crippen molar-refractivity contribution in [2.45, 2.75) is 0 Å². The first kappa shape index (κ1) is 37.9. The van der Waals surface area contributed by atoms with Crippen molar-refractivity contribution in [2.24, 2.45) is 0 Å². The van der Waals surface area contributed by atoms with Crippen LogP contribution in [0.1, 0.15) is 0 Å². The summed E-state index contributed by atoms with van der Waals surface area (Å²) in [5.74, 6) is 0. The van der Waals surface area contributed by atoms with Gasteiger partial charge in [-0.2, -0.15) is 0 Å². The number of fused-ring (bicyclic) bond motifs is 7. The Hall–Kier alpha value is -8.60. The normalized spacial score (nSPS) is 12.9. The maximum absolute atomic E-state index is 2.45. The zero-order valence-corrected chi connectivity index (χ0v) is 36.7. The van der Waals surface area contributed by atoms with Gasteiger partial charge in [-0.3, -0.25) is 0 Å². The highest BCUT2D eigenvalue weighted by molar-refractivity contribution is 6.24. The molecule has 0 N–H and O–H groups in total. The van der Waals surface area contributed by atoms with Gasteiger partial charge in [-0.05, 0) is 138 Å². The molecule has 4 nitrogen and oxygen atoms in total. The molecule has 4 heteroatoms. The van der Waals surface area contributed by atoms with E-state index in [1.54, 1.807) is 0 Å². The summed E-state index contributed by atoms with van der Waals surface area (Å²) in [5, 5.41) is 7.26. The van der Waals surface area contributed by atoms with Crippen LogP contribution >= 0.6 is 0 Å². The minimum atomic E-state index is 1.11. The lowest BCUT2D eigenvalue weighted by atomic mass is 9.82. The van der Waals surface area contributed by atoms with Crippen LogP contribution < -0.4 is 19.6 Å². The Kier molecular flexibility index (Phi) is 8.62. The van der Waals surface area contributed by atoms with E-state index in [-0.39, 0.29) is 0 Å². The molecular weight excluding hydrogens is 801 g/mol. The van der Waals surface area contributed by atoms with Crippen LogP contribution in [0.2, 0.25) is 0 Å². The largest absolute Gasteiger partial charge is 0.341 e. The molecule has 13 rings (SSSR count). The van der Waals surface area contributed by atoms with Crippen molar-refractivity contribution in [3.05, 3.63) is 231 Å². The minimum Gasteiger partial charge on any atom is -0.341 e. The Bertz CT molecular complexity index is 3620. The predicted octanol–water partition coefficient (Wildman–Crippen LogP) is 17.2. The molecule has 0 aliphatic carbocycles. The predicted molar refractivity (Wildman–Crippen MR) is 281 cm³/mol. The van der Waals surface area contributed by atoms with Crippen LogP contribution in [0.3, 0.4) is 0 Å². The minimum absolute atomic E-state index is 1.11. The number of hydrogen-bond acceptors (Lipinski definition) is 4. The molecule has 66 heavy (non-hydrogen) atoms. The van der Waals surface area contributed by atoms with Crippen molar-refractivity contribution >= 4 is 89.2 Å². The second kappa shape index (κ2) is 15.0. The molecule has 312 valence electrons. The third-order valence-corrected chi connectivity index (χ3v) is 13.9. The van der Waals surface area contributed by atoms with Gasteiger partial charge in [0.05, 0.1) is 45.5 Å². The van der Waals surface area contributed by atoms with Gasteiger partial charge >= 0.3 is 0 Å². The molecule has 2 aliphatic rings. The molecule has 0 saturated heterocycles. The highest BCUT2D eigenvalue weighted by atomic mass is 15.3. The summed E-state index contributed by atoms with van der Waals surface area (Å²) in [6, 6.07) is 84.8. The molecule has 11 aromatic carbocycles. The van der Waals surface area contributed by atoms with Gasteiger partial charge in [0.2, 0.25) is 0 Å². The maximum atomic E-state index is 2.45. The SMILES string of the molecule is CN1c2ccccc2N(c2ccc3c(-c4ccccc4-c4cccc5ccccc45)c4cc(N5c6ccccc6N(C)c6ccccc65)ccc4c(-c4ccccc4)c3c2)c2ccccc21. The van der Waals surface area contributed by atoms with Crippen LogP contribution in [-0.4, -0.2) is 14.1 Å². The van der Waals surface area contributed by atoms with Gasteiger partial charge in [-0.1, -0.05) is 158 Å². The van der Waals surface area contributed by atoms with Gasteiger partial charge in [-0.25, -0.2) is 0 Å². The van der Waals surface area contributed by atoms with Gasteiger partial charge in [0.15, 0.2) is 0 Å². The summed E-state index contributed by atoms with van der Waals surface area (Å²) in [7, 11) is 4.34. The fourth-order valence-electron chi connectivity index (χ4n) is 10.9. The van der Waals surface area contributed by atoms with Crippen molar-refractivity contribution in [2.75, 3.05) is 33.7 Å². The molecule has 0 atom stereocenters. The van der Waals surface area contributed by atoms with Crippen LogP contribution in [0.4, 0.5) is 56.9 Å². The average molecular weight is 845 g/mol. The monoisotopic (exact) mass is 844 g/mol. The first-order chi connectivity index (χ1) is 32.6. The molecule has 0 fully saturated rings. The van der Waals surface area contributed by atoms with Gasteiger partial charge in [0, 0.05) is 25.5 Å². The van der Waals surface area contributed by atoms with Crippen molar-refractivity contribution in [1.29, 1.82) is 0 Å². The highest BCUT2D eigenvalue weighted by Gasteiger charge is 2.30. The second-order valence-electron chi connectivity index (χ2n) is 17.4. The third-order valence-electron chi connectivity index (χ3n) is 13.9. The van der Waals surface area contributed by atoms with Gasteiger partial charge in [-0.15, -0.1) is 0 Å². The van der Waals surface area contributed by atoms with E-state index in [9.17, 15) is 0 Å². The Morgan fingerprint density at radius 2 is 0.652 bits per heavy atom. The molecule has 11 aromatic rings. The molecule has 2 aliphatic heterocycles. The van der Waals surface area contributed by atoms with Crippen LogP contribution in [0, 0.1) is 0 Å². The Morgan fingerprint density at radius 3 is 1.20 bits per heavy atom. The maximum Gasteiger partial charge on any atom is 0.0699 e. The standard InChI is InChI=1S/C62H44N4/c1-63-53-27-10-14-31-57(53)65(58-32-15-11-28-54(58)63)43-36-38-50-51(39-43)61(42-20-4-3-5-21-42)49-37-35-44(66-59-33-16-12-29-55(59)64(2)56-30-13-17-34-60(56)66)40-52(49)62(50)48-25-9-8-24-47(48)46-26-18-22-41-19-6-7-23-45(41)46/h3-40H,1-2H3. The zero-order chi connectivity index (χ0) is 43.9. The first-order valence-corrected chi connectivity index (χ1v) is 22.7. The van der Waals surface area contributed by atoms with Crippen molar-refractivity contribution in [1.82, 2.24) is 0 Å². The summed E-state index contributed by atoms with van der Waals surface area (Å²) >= 11 is 0. The molecule has 0 bridgehead atoms. The number of hydrogen-bond donors (Lipinski definition) is 0. The van der Waals surface area contributed by atoms with Crippen LogP contribution in [0.15, 0.2) is 231 Å². The lowest BCUT2D eigenvalue weighted by Gasteiger charge is -2.39. The van der Waals surface area contributed by atoms with Crippen LogP contribution in [0.5, 0.6) is 0 Å². The molecular formula is C62H44N4. The summed E-state index contributed by atoms with van der Waals surface area (Å²) < 4.78 is 0. The molecule has 0 saturated carbocycles. The summed E-state index contributed by atoms with van der Waals surface area (Å²) in [6.45, 7) is 0. The third kappa shape index (κ3) is 5.71. The quantitative estimate of drug-likeness (QED) is 0.160. The molecule has 0 spiro atoms. The number of para-hydroxylation sites is 8. The lowest BCUT2D eigenvalue weighted by Crippen LogP contribution is -2.24. The second-order valence-corrected chi connectivity index (χ2v) is 17.4. The smallest absolute Gasteiger partial charge is 0.0699 e. The Balaban J connectivity index is 1.15. The van der Waals surface area contributed by atoms with Crippen molar-refractivity contribution in [3.8, 4) is 33.4 Å². The van der Waals surface area contributed by atoms with E-state index in [4.69, 9.17) is 0 Å². The molecule has 2 heterocycles. The van der Waals surface area contributed by atoms with E-state index in [1.807, 2.05) is 0 Å². The Labute approximate surface area is 385 Å². The number of anilines is 10. The van der Waals surface area contributed by atoms with Crippen molar-refractivity contribution in [3.63, 3.8) is 0 Å². The summed E-state index contributed by atoms with van der Waals surface area (Å²) in [5.41, 5.74) is 18.7. The van der Waals surface area contributed by atoms with Crippen LogP contribution in [0.25, 0.3) is 65.7 Å². The topological polar surface area (TPSA) is 13.0 Å². The van der Waals surface area contributed by atoms with E-state index in [0.717, 1.165) is 34.1 Å². The van der Waals surface area contributed by atoms with Crippen LogP contribution in [-0.2, 0) is 0 Å². The Morgan fingerprint density at radius 1 is 0.258 bits per heavy atom. The number of nitrogens with zero attached hydrogens (tertiary/aromatic N) is 4. The van der Waals surface area contributed by atoms with Gasteiger partial charge in [0.25, 0.3) is 0 Å².